The van der Waals surface area contributed by atoms with Crippen LogP contribution in [0.4, 0.5) is 5.69 Å². The summed E-state index contributed by atoms with van der Waals surface area (Å²) in [5.74, 6) is 0.571. The van der Waals surface area contributed by atoms with E-state index < -0.39 is 0 Å². The van der Waals surface area contributed by atoms with E-state index in [0.29, 0.717) is 18.9 Å². The van der Waals surface area contributed by atoms with Gasteiger partial charge in [-0.1, -0.05) is 48.7 Å². The molecule has 0 unspecified atom stereocenters. The molecule has 1 N–H and O–H groups in total. The van der Waals surface area contributed by atoms with Crippen LogP contribution in [-0.4, -0.2) is 23.3 Å². The highest BCUT2D eigenvalue weighted by atomic mass is 16.2. The van der Waals surface area contributed by atoms with E-state index in [2.05, 4.69) is 42.6 Å². The second-order valence-electron chi connectivity index (χ2n) is 8.51. The lowest BCUT2D eigenvalue weighted by atomic mass is 9.97. The van der Waals surface area contributed by atoms with Crippen molar-refractivity contribution in [3.63, 3.8) is 0 Å². The van der Waals surface area contributed by atoms with E-state index in [1.54, 1.807) is 0 Å². The summed E-state index contributed by atoms with van der Waals surface area (Å²) in [6.45, 7) is 3.54. The van der Waals surface area contributed by atoms with E-state index in [-0.39, 0.29) is 11.8 Å². The van der Waals surface area contributed by atoms with Crippen molar-refractivity contribution in [2.24, 2.45) is 5.92 Å². The lowest BCUT2D eigenvalue weighted by Gasteiger charge is -2.31. The summed E-state index contributed by atoms with van der Waals surface area (Å²) in [5, 5.41) is 3.03. The maximum atomic E-state index is 12.8. The number of nitrogens with zero attached hydrogens (tertiary/aromatic N) is 1. The highest BCUT2D eigenvalue weighted by molar-refractivity contribution is 5.91. The molecule has 0 radical (unpaired) electrons. The van der Waals surface area contributed by atoms with Gasteiger partial charge in [0, 0.05) is 31.1 Å². The fraction of sp³-hybridized carbons (Fsp3) is 0.440. The van der Waals surface area contributed by atoms with Crippen molar-refractivity contribution in [1.82, 2.24) is 4.90 Å². The third kappa shape index (κ3) is 4.87. The van der Waals surface area contributed by atoms with Crippen LogP contribution in [0.15, 0.2) is 42.5 Å². The van der Waals surface area contributed by atoms with Crippen LogP contribution >= 0.6 is 0 Å². The number of hydrogen-bond donors (Lipinski definition) is 1. The highest BCUT2D eigenvalue weighted by Gasteiger charge is 2.29. The predicted octanol–water partition coefficient (Wildman–Crippen LogP) is 4.64. The number of rotatable bonds is 5. The Morgan fingerprint density at radius 1 is 1.03 bits per heavy atom. The Labute approximate surface area is 173 Å². The number of nitrogens with one attached hydrogen (secondary N) is 1. The lowest BCUT2D eigenvalue weighted by Crippen LogP contribution is -2.39. The fourth-order valence-corrected chi connectivity index (χ4v) is 4.49. The lowest BCUT2D eigenvalue weighted by molar-refractivity contribution is -0.136. The topological polar surface area (TPSA) is 49.4 Å². The molecule has 4 nitrogen and oxygen atoms in total. The molecule has 2 aliphatic rings. The Morgan fingerprint density at radius 2 is 1.79 bits per heavy atom. The molecule has 4 rings (SSSR count). The second kappa shape index (κ2) is 8.81. The third-order valence-corrected chi connectivity index (χ3v) is 6.28. The number of carbonyl (C=O) groups is 2. The van der Waals surface area contributed by atoms with E-state index in [4.69, 9.17) is 0 Å². The van der Waals surface area contributed by atoms with E-state index in [1.807, 2.05) is 17.0 Å². The molecule has 0 bridgehead atoms. The molecule has 1 fully saturated rings. The molecule has 2 aromatic rings. The van der Waals surface area contributed by atoms with Crippen molar-refractivity contribution in [2.45, 2.75) is 58.4 Å². The van der Waals surface area contributed by atoms with E-state index in [1.165, 1.54) is 35.1 Å². The summed E-state index contributed by atoms with van der Waals surface area (Å²) < 4.78 is 0. The quantitative estimate of drug-likeness (QED) is 0.808. The smallest absolute Gasteiger partial charge is 0.225 e. The molecule has 152 valence electrons. The van der Waals surface area contributed by atoms with Crippen LogP contribution in [-0.2, 0) is 29.0 Å². The van der Waals surface area contributed by atoms with E-state index in [9.17, 15) is 9.59 Å². The van der Waals surface area contributed by atoms with Gasteiger partial charge in [0.25, 0.3) is 0 Å². The number of benzene rings is 2. The predicted molar refractivity (Wildman–Crippen MR) is 116 cm³/mol. The summed E-state index contributed by atoms with van der Waals surface area (Å²) in [7, 11) is 0. The molecule has 0 spiro atoms. The minimum atomic E-state index is 0.0280. The molecule has 2 amide bonds. The van der Waals surface area contributed by atoms with Gasteiger partial charge < -0.3 is 10.2 Å². The zero-order valence-corrected chi connectivity index (χ0v) is 17.2. The van der Waals surface area contributed by atoms with Gasteiger partial charge in [-0.15, -0.1) is 0 Å². The highest BCUT2D eigenvalue weighted by Crippen LogP contribution is 2.29. The van der Waals surface area contributed by atoms with Crippen LogP contribution in [0.5, 0.6) is 0 Å². The Kier molecular flexibility index (Phi) is 5.98. The minimum Gasteiger partial charge on any atom is -0.338 e. The zero-order chi connectivity index (χ0) is 20.2. The maximum absolute atomic E-state index is 12.8. The molecule has 4 heteroatoms. The van der Waals surface area contributed by atoms with Crippen LogP contribution in [0.25, 0.3) is 0 Å². The zero-order valence-electron chi connectivity index (χ0n) is 17.2. The number of amides is 2. The van der Waals surface area contributed by atoms with Crippen LogP contribution < -0.4 is 5.32 Å². The molecular weight excluding hydrogens is 360 g/mol. The van der Waals surface area contributed by atoms with Crippen molar-refractivity contribution in [1.29, 1.82) is 0 Å². The Balaban J connectivity index is 1.35. The molecule has 1 saturated carbocycles. The van der Waals surface area contributed by atoms with Gasteiger partial charge in [-0.3, -0.25) is 9.59 Å². The summed E-state index contributed by atoms with van der Waals surface area (Å²) >= 11 is 0. The van der Waals surface area contributed by atoms with Crippen LogP contribution in [0.3, 0.4) is 0 Å². The average molecular weight is 391 g/mol. The first kappa shape index (κ1) is 19.7. The maximum Gasteiger partial charge on any atom is 0.225 e. The van der Waals surface area contributed by atoms with Crippen molar-refractivity contribution in [3.8, 4) is 0 Å². The van der Waals surface area contributed by atoms with Gasteiger partial charge in [0.05, 0.1) is 0 Å². The van der Waals surface area contributed by atoms with Crippen LogP contribution in [0.2, 0.25) is 0 Å². The molecule has 0 saturated heterocycles. The van der Waals surface area contributed by atoms with Crippen LogP contribution in [0, 0.1) is 12.8 Å². The molecule has 0 atom stereocenters. The Bertz CT molecular complexity index is 882. The van der Waals surface area contributed by atoms with Gasteiger partial charge in [0.1, 0.15) is 0 Å². The first-order valence-corrected chi connectivity index (χ1v) is 10.8. The molecule has 1 aliphatic heterocycles. The monoisotopic (exact) mass is 390 g/mol. The van der Waals surface area contributed by atoms with E-state index >= 15 is 0 Å². The van der Waals surface area contributed by atoms with Gasteiger partial charge in [0.2, 0.25) is 11.8 Å². The number of fused-ring (bicyclic) bond motifs is 1. The van der Waals surface area contributed by atoms with Gasteiger partial charge >= 0.3 is 0 Å². The van der Waals surface area contributed by atoms with E-state index in [0.717, 1.165) is 37.9 Å². The molecule has 29 heavy (non-hydrogen) atoms. The van der Waals surface area contributed by atoms with Gasteiger partial charge in [0.15, 0.2) is 0 Å². The number of anilines is 1. The van der Waals surface area contributed by atoms with Crippen molar-refractivity contribution in [2.75, 3.05) is 11.9 Å². The summed E-state index contributed by atoms with van der Waals surface area (Å²) in [5.41, 5.74) is 5.69. The largest absolute Gasteiger partial charge is 0.338 e. The molecule has 0 aromatic heterocycles. The Morgan fingerprint density at radius 3 is 2.55 bits per heavy atom. The summed E-state index contributed by atoms with van der Waals surface area (Å²) in [6.07, 6.45) is 6.54. The van der Waals surface area contributed by atoms with Crippen molar-refractivity contribution < 1.29 is 9.59 Å². The SMILES string of the molecule is Cc1ccc(CCC(=O)Nc2ccc3c(c2)CN(C(=O)C2CCCC2)CC3)cc1. The fourth-order valence-electron chi connectivity index (χ4n) is 4.49. The molecule has 2 aromatic carbocycles. The minimum absolute atomic E-state index is 0.0280. The standard InChI is InChI=1S/C25H30N2O2/c1-18-6-8-19(9-7-18)10-13-24(28)26-23-12-11-20-14-15-27(17-22(20)16-23)25(29)21-4-2-3-5-21/h6-9,11-12,16,21H,2-5,10,13-15,17H2,1H3,(H,26,28). The first-order chi connectivity index (χ1) is 14.1. The van der Waals surface area contributed by atoms with Crippen LogP contribution in [0.1, 0.15) is 54.4 Å². The number of aryl methyl sites for hydroxylation is 2. The first-order valence-electron chi connectivity index (χ1n) is 10.8. The van der Waals surface area contributed by atoms with Gasteiger partial charge in [-0.2, -0.15) is 0 Å². The average Bonchev–Trinajstić information content (AvgIpc) is 3.27. The molecular formula is C25H30N2O2. The number of hydrogen-bond acceptors (Lipinski definition) is 2. The van der Waals surface area contributed by atoms with Gasteiger partial charge in [-0.25, -0.2) is 0 Å². The van der Waals surface area contributed by atoms with Gasteiger partial charge in [-0.05, 0) is 61.4 Å². The third-order valence-electron chi connectivity index (χ3n) is 6.28. The summed E-state index contributed by atoms with van der Waals surface area (Å²) in [6, 6.07) is 14.5. The second-order valence-corrected chi connectivity index (χ2v) is 8.51. The number of carbonyl (C=O) groups excluding carboxylic acids is 2. The molecule has 1 heterocycles. The molecule has 1 aliphatic carbocycles. The Hall–Kier alpha value is -2.62. The van der Waals surface area contributed by atoms with Crippen molar-refractivity contribution >= 4 is 17.5 Å². The van der Waals surface area contributed by atoms with Crippen molar-refractivity contribution in [3.05, 3.63) is 64.7 Å². The normalized spacial score (nSPS) is 16.5. The summed E-state index contributed by atoms with van der Waals surface area (Å²) in [4.78, 5) is 27.2.